The van der Waals surface area contributed by atoms with Crippen LogP contribution in [-0.4, -0.2) is 37.6 Å². The molecule has 0 rings (SSSR count). The van der Waals surface area contributed by atoms with Gasteiger partial charge in [0.15, 0.2) is 0 Å². The second kappa shape index (κ2) is 32.2. The Labute approximate surface area is 241 Å². The fourth-order valence-corrected chi connectivity index (χ4v) is 4.64. The third kappa shape index (κ3) is 28.8. The predicted molar refractivity (Wildman–Crippen MR) is 164 cm³/mol. The van der Waals surface area contributed by atoms with E-state index >= 15 is 0 Å². The molecular formula is C32H60Cl2O3. The Morgan fingerprint density at radius 2 is 0.892 bits per heavy atom. The number of hydrogen-bond donors (Lipinski definition) is 0. The molecule has 2 atom stereocenters. The van der Waals surface area contributed by atoms with E-state index in [1.54, 1.807) is 0 Å². The molecule has 0 N–H and O–H groups in total. The predicted octanol–water partition coefficient (Wildman–Crippen LogP) is 11.1. The van der Waals surface area contributed by atoms with Gasteiger partial charge in [-0.15, -0.1) is 23.2 Å². The van der Waals surface area contributed by atoms with E-state index in [2.05, 4.69) is 38.2 Å². The Hall–Kier alpha value is -0.0600. The summed E-state index contributed by atoms with van der Waals surface area (Å²) in [6.45, 7) is 5.12. The quantitative estimate of drug-likeness (QED) is 0.0376. The lowest BCUT2D eigenvalue weighted by Gasteiger charge is -2.19. The molecule has 0 aromatic rings. The van der Waals surface area contributed by atoms with Gasteiger partial charge < -0.3 is 14.2 Å². The van der Waals surface area contributed by atoms with E-state index < -0.39 is 0 Å². The summed E-state index contributed by atoms with van der Waals surface area (Å²) in [4.78, 5) is 0. The van der Waals surface area contributed by atoms with Crippen molar-refractivity contribution in [2.45, 2.75) is 154 Å². The van der Waals surface area contributed by atoms with Crippen molar-refractivity contribution in [2.75, 3.05) is 25.3 Å². The van der Waals surface area contributed by atoms with E-state index in [4.69, 9.17) is 37.4 Å². The van der Waals surface area contributed by atoms with Crippen molar-refractivity contribution in [3.63, 3.8) is 0 Å². The maximum atomic E-state index is 6.07. The topological polar surface area (TPSA) is 27.7 Å². The number of halogens is 2. The number of ether oxygens (including phenoxy) is 3. The van der Waals surface area contributed by atoms with Crippen molar-refractivity contribution >= 4 is 23.2 Å². The van der Waals surface area contributed by atoms with Crippen LogP contribution in [0.3, 0.4) is 0 Å². The molecule has 0 saturated carbocycles. The van der Waals surface area contributed by atoms with Gasteiger partial charge in [-0.25, -0.2) is 0 Å². The van der Waals surface area contributed by atoms with Gasteiger partial charge in [-0.05, 0) is 77.0 Å². The van der Waals surface area contributed by atoms with Gasteiger partial charge in [-0.2, -0.15) is 0 Å². The highest BCUT2D eigenvalue weighted by Crippen LogP contribution is 2.15. The molecule has 0 aliphatic heterocycles. The summed E-state index contributed by atoms with van der Waals surface area (Å²) in [5, 5.41) is 0. The van der Waals surface area contributed by atoms with Crippen molar-refractivity contribution < 1.29 is 14.2 Å². The third-order valence-electron chi connectivity index (χ3n) is 6.69. The number of rotatable bonds is 30. The van der Waals surface area contributed by atoms with Crippen molar-refractivity contribution in [1.82, 2.24) is 0 Å². The average molecular weight is 564 g/mol. The molecule has 0 aliphatic carbocycles. The Morgan fingerprint density at radius 3 is 1.30 bits per heavy atom. The summed E-state index contributed by atoms with van der Waals surface area (Å²) in [5.41, 5.74) is 0. The SMILES string of the molecule is CCCCC(CCC=CCCCCCCCl)OCOCOC(CCC=CCCCCCCCl)CCCC. The summed E-state index contributed by atoms with van der Waals surface area (Å²) in [6, 6.07) is 0. The van der Waals surface area contributed by atoms with E-state index in [0.29, 0.717) is 13.6 Å². The molecule has 0 heterocycles. The summed E-state index contributed by atoms with van der Waals surface area (Å²) in [7, 11) is 0. The van der Waals surface area contributed by atoms with E-state index in [0.717, 1.165) is 63.1 Å². The van der Waals surface area contributed by atoms with Gasteiger partial charge in [0.2, 0.25) is 0 Å². The monoisotopic (exact) mass is 562 g/mol. The van der Waals surface area contributed by atoms with Gasteiger partial charge in [0.1, 0.15) is 13.6 Å². The molecule has 0 radical (unpaired) electrons. The molecule has 0 spiro atoms. The molecule has 0 aliphatic rings. The molecule has 37 heavy (non-hydrogen) atoms. The average Bonchev–Trinajstić information content (AvgIpc) is 2.91. The van der Waals surface area contributed by atoms with Crippen LogP contribution in [0.25, 0.3) is 0 Å². The lowest BCUT2D eigenvalue weighted by molar-refractivity contribution is -0.167. The second-order valence-corrected chi connectivity index (χ2v) is 10.9. The molecule has 0 aromatic carbocycles. The van der Waals surface area contributed by atoms with Crippen LogP contribution in [0, 0.1) is 0 Å². The van der Waals surface area contributed by atoms with Crippen LogP contribution in [0.4, 0.5) is 0 Å². The van der Waals surface area contributed by atoms with E-state index in [1.165, 1.54) is 77.0 Å². The third-order valence-corrected chi connectivity index (χ3v) is 7.22. The van der Waals surface area contributed by atoms with Crippen LogP contribution in [0.15, 0.2) is 24.3 Å². The first-order valence-electron chi connectivity index (χ1n) is 15.5. The molecule has 220 valence electrons. The van der Waals surface area contributed by atoms with Crippen molar-refractivity contribution in [2.24, 2.45) is 0 Å². The fourth-order valence-electron chi connectivity index (χ4n) is 4.26. The summed E-state index contributed by atoms with van der Waals surface area (Å²) in [5.74, 6) is 1.58. The summed E-state index contributed by atoms with van der Waals surface area (Å²) >= 11 is 11.5. The lowest BCUT2D eigenvalue weighted by atomic mass is 10.1. The van der Waals surface area contributed by atoms with Crippen molar-refractivity contribution in [3.05, 3.63) is 24.3 Å². The molecule has 0 fully saturated rings. The first-order valence-corrected chi connectivity index (χ1v) is 16.6. The Kier molecular flexibility index (Phi) is 32.1. The second-order valence-electron chi connectivity index (χ2n) is 10.2. The minimum Gasteiger partial charge on any atom is -0.352 e. The van der Waals surface area contributed by atoms with Gasteiger partial charge in [-0.1, -0.05) is 89.5 Å². The lowest BCUT2D eigenvalue weighted by Crippen LogP contribution is -2.19. The maximum Gasteiger partial charge on any atom is 0.149 e. The molecule has 3 nitrogen and oxygen atoms in total. The molecule has 0 bridgehead atoms. The van der Waals surface area contributed by atoms with Crippen LogP contribution < -0.4 is 0 Å². The molecule has 0 saturated heterocycles. The zero-order valence-electron chi connectivity index (χ0n) is 24.4. The van der Waals surface area contributed by atoms with Crippen LogP contribution in [-0.2, 0) is 14.2 Å². The Balaban J connectivity index is 4.05. The first kappa shape index (κ1) is 36.9. The number of alkyl halides is 2. The maximum absolute atomic E-state index is 6.07. The fraction of sp³-hybridized carbons (Fsp3) is 0.875. The highest BCUT2D eigenvalue weighted by molar-refractivity contribution is 6.18. The first-order chi connectivity index (χ1) is 18.3. The largest absolute Gasteiger partial charge is 0.352 e. The smallest absolute Gasteiger partial charge is 0.149 e. The van der Waals surface area contributed by atoms with Gasteiger partial charge >= 0.3 is 0 Å². The van der Waals surface area contributed by atoms with Crippen molar-refractivity contribution in [1.29, 1.82) is 0 Å². The van der Waals surface area contributed by atoms with Gasteiger partial charge in [-0.3, -0.25) is 0 Å². The number of allylic oxidation sites excluding steroid dienone is 4. The van der Waals surface area contributed by atoms with Crippen molar-refractivity contribution in [3.8, 4) is 0 Å². The standard InChI is InChI=1S/C32H60Cl2O3/c1-3-5-23-31(25-19-15-11-7-9-13-17-21-27-33)36-29-35-30-37-32(24-6-4-2)26-20-16-12-8-10-14-18-22-28-34/h11-12,15-16,31-32H,3-10,13-14,17-30H2,1-2H3. The van der Waals surface area contributed by atoms with Gasteiger partial charge in [0, 0.05) is 11.8 Å². The molecule has 0 amide bonds. The number of unbranched alkanes of at least 4 members (excludes halogenated alkanes) is 10. The Morgan fingerprint density at radius 1 is 0.486 bits per heavy atom. The van der Waals surface area contributed by atoms with Crippen LogP contribution in [0.5, 0.6) is 0 Å². The van der Waals surface area contributed by atoms with Crippen LogP contribution >= 0.6 is 23.2 Å². The highest BCUT2D eigenvalue weighted by atomic mass is 35.5. The van der Waals surface area contributed by atoms with E-state index in [-0.39, 0.29) is 12.2 Å². The Bertz CT molecular complexity index is 443. The van der Waals surface area contributed by atoms with Crippen LogP contribution in [0.2, 0.25) is 0 Å². The number of hydrogen-bond acceptors (Lipinski definition) is 3. The minimum atomic E-state index is 0.268. The summed E-state index contributed by atoms with van der Waals surface area (Å²) < 4.78 is 17.9. The van der Waals surface area contributed by atoms with Crippen LogP contribution in [0.1, 0.15) is 142 Å². The minimum absolute atomic E-state index is 0.268. The normalized spacial score (nSPS) is 13.7. The van der Waals surface area contributed by atoms with E-state index in [1.807, 2.05) is 0 Å². The summed E-state index contributed by atoms with van der Waals surface area (Å²) in [6.07, 6.45) is 33.3. The highest BCUT2D eigenvalue weighted by Gasteiger charge is 2.10. The molecule has 0 aromatic heterocycles. The van der Waals surface area contributed by atoms with E-state index in [9.17, 15) is 0 Å². The zero-order valence-corrected chi connectivity index (χ0v) is 25.9. The molecular weight excluding hydrogens is 503 g/mol. The molecule has 5 heteroatoms. The zero-order chi connectivity index (χ0) is 27.1. The van der Waals surface area contributed by atoms with Gasteiger partial charge in [0.25, 0.3) is 0 Å². The van der Waals surface area contributed by atoms with Gasteiger partial charge in [0.05, 0.1) is 12.2 Å². The molecule has 2 unspecified atom stereocenters.